The van der Waals surface area contributed by atoms with Crippen LogP contribution in [0.4, 0.5) is 5.69 Å². The van der Waals surface area contributed by atoms with Gasteiger partial charge in [0, 0.05) is 42.9 Å². The van der Waals surface area contributed by atoms with Crippen molar-refractivity contribution in [3.05, 3.63) is 94.1 Å². The molecule has 8 heteroatoms. The minimum Gasteiger partial charge on any atom is -0.545 e. The van der Waals surface area contributed by atoms with E-state index in [1.807, 2.05) is 63.2 Å². The van der Waals surface area contributed by atoms with E-state index in [1.54, 1.807) is 30.3 Å². The van der Waals surface area contributed by atoms with Crippen molar-refractivity contribution in [1.29, 1.82) is 0 Å². The SMILES string of the molecule is Cc1ccc(C(=O)C(Cc2ccc(N(C)C)cc2)=C(C(=O)[O-])c2ccc3nsnc3c2)cc1C.[Na+]. The Morgan fingerprint density at radius 2 is 1.51 bits per heavy atom. The standard InChI is InChI=1S/C27H25N3O3S.Na/c1-16-5-8-20(13-17(16)2)26(31)22(14-18-6-10-21(11-7-18)30(3)4)25(27(32)33)19-9-12-23-24(15-19)29-34-28-23;/h5-13,15H,14H2,1-4H3,(H,32,33);/q;+1/p-1. The van der Waals surface area contributed by atoms with E-state index >= 15 is 0 Å². The fourth-order valence-corrected chi connectivity index (χ4v) is 4.33. The van der Waals surface area contributed by atoms with E-state index in [0.717, 1.165) is 34.1 Å². The first-order chi connectivity index (χ1) is 16.2. The van der Waals surface area contributed by atoms with Crippen LogP contribution in [0.25, 0.3) is 16.6 Å². The molecule has 0 N–H and O–H groups in total. The summed E-state index contributed by atoms with van der Waals surface area (Å²) in [5, 5.41) is 12.4. The van der Waals surface area contributed by atoms with Crippen LogP contribution in [0.15, 0.2) is 66.2 Å². The van der Waals surface area contributed by atoms with Crippen LogP contribution >= 0.6 is 11.7 Å². The predicted molar refractivity (Wildman–Crippen MR) is 134 cm³/mol. The molecule has 0 amide bonds. The van der Waals surface area contributed by atoms with Crippen LogP contribution in [0.5, 0.6) is 0 Å². The summed E-state index contributed by atoms with van der Waals surface area (Å²) in [6, 6.07) is 18.1. The number of carbonyl (C=O) groups is 2. The van der Waals surface area contributed by atoms with Gasteiger partial charge in [0.2, 0.25) is 0 Å². The summed E-state index contributed by atoms with van der Waals surface area (Å²) >= 11 is 1.05. The molecule has 0 aliphatic rings. The summed E-state index contributed by atoms with van der Waals surface area (Å²) in [4.78, 5) is 28.2. The molecule has 0 spiro atoms. The monoisotopic (exact) mass is 493 g/mol. The molecule has 4 aromatic rings. The molecule has 172 valence electrons. The van der Waals surface area contributed by atoms with Crippen molar-refractivity contribution < 1.29 is 44.3 Å². The molecule has 0 fully saturated rings. The molecule has 0 aliphatic carbocycles. The van der Waals surface area contributed by atoms with Crippen LogP contribution in [0.2, 0.25) is 0 Å². The molecule has 6 nitrogen and oxygen atoms in total. The second-order valence-corrected chi connectivity index (χ2v) is 9.00. The van der Waals surface area contributed by atoms with Gasteiger partial charge in [-0.1, -0.05) is 30.3 Å². The van der Waals surface area contributed by atoms with E-state index in [4.69, 9.17) is 0 Å². The zero-order chi connectivity index (χ0) is 24.4. The molecule has 4 rings (SSSR count). The van der Waals surface area contributed by atoms with Gasteiger partial charge in [-0.25, -0.2) is 0 Å². The van der Waals surface area contributed by atoms with E-state index in [-0.39, 0.29) is 52.9 Å². The van der Waals surface area contributed by atoms with Gasteiger partial charge in [0.25, 0.3) is 0 Å². The van der Waals surface area contributed by atoms with Crippen molar-refractivity contribution in [1.82, 2.24) is 8.75 Å². The largest absolute Gasteiger partial charge is 1.00 e. The van der Waals surface area contributed by atoms with E-state index in [0.29, 0.717) is 22.2 Å². The maximum absolute atomic E-state index is 13.7. The number of hydrogen-bond donors (Lipinski definition) is 0. The van der Waals surface area contributed by atoms with Crippen molar-refractivity contribution in [2.45, 2.75) is 20.3 Å². The molecule has 0 bridgehead atoms. The fraction of sp³-hybridized carbons (Fsp3) is 0.185. The number of aliphatic carboxylic acids is 1. The molecule has 35 heavy (non-hydrogen) atoms. The Morgan fingerprint density at radius 1 is 0.857 bits per heavy atom. The van der Waals surface area contributed by atoms with Gasteiger partial charge in [0.15, 0.2) is 5.78 Å². The molecule has 1 heterocycles. The topological polar surface area (TPSA) is 86.2 Å². The average Bonchev–Trinajstić information content (AvgIpc) is 3.28. The van der Waals surface area contributed by atoms with Gasteiger partial charge in [-0.3, -0.25) is 4.79 Å². The molecule has 3 aromatic carbocycles. The van der Waals surface area contributed by atoms with Crippen LogP contribution in [0, 0.1) is 13.8 Å². The number of carboxylic acids is 1. The summed E-state index contributed by atoms with van der Waals surface area (Å²) in [6.07, 6.45) is 0.149. The van der Waals surface area contributed by atoms with Crippen LogP contribution in [0.3, 0.4) is 0 Å². The number of benzene rings is 3. The minimum atomic E-state index is -1.40. The van der Waals surface area contributed by atoms with E-state index < -0.39 is 5.97 Å². The fourth-order valence-electron chi connectivity index (χ4n) is 3.81. The van der Waals surface area contributed by atoms with Gasteiger partial charge in [-0.15, -0.1) is 0 Å². The maximum Gasteiger partial charge on any atom is 1.00 e. The Bertz CT molecular complexity index is 1430. The number of carboxylic acid groups (broad SMARTS) is 1. The zero-order valence-corrected chi connectivity index (χ0v) is 23.3. The Morgan fingerprint density at radius 3 is 2.14 bits per heavy atom. The number of rotatable bonds is 7. The average molecular weight is 494 g/mol. The first-order valence-electron chi connectivity index (χ1n) is 10.8. The van der Waals surface area contributed by atoms with Crippen LogP contribution in [0.1, 0.15) is 32.6 Å². The van der Waals surface area contributed by atoms with Crippen molar-refractivity contribution in [2.24, 2.45) is 0 Å². The van der Waals surface area contributed by atoms with Crippen LogP contribution < -0.4 is 39.6 Å². The third-order valence-corrected chi connectivity index (χ3v) is 6.48. The van der Waals surface area contributed by atoms with Crippen LogP contribution in [-0.4, -0.2) is 34.6 Å². The zero-order valence-electron chi connectivity index (χ0n) is 20.5. The van der Waals surface area contributed by atoms with Crippen molar-refractivity contribution in [3.8, 4) is 0 Å². The van der Waals surface area contributed by atoms with E-state index in [2.05, 4.69) is 8.75 Å². The normalized spacial score (nSPS) is 11.5. The molecule has 0 saturated carbocycles. The first kappa shape index (κ1) is 26.8. The Hall–Kier alpha value is -2.84. The number of aromatic nitrogens is 2. The smallest absolute Gasteiger partial charge is 0.545 e. The minimum absolute atomic E-state index is 0. The van der Waals surface area contributed by atoms with E-state index in [1.165, 1.54) is 0 Å². The summed E-state index contributed by atoms with van der Waals surface area (Å²) in [5.74, 6) is -1.74. The van der Waals surface area contributed by atoms with Crippen LogP contribution in [-0.2, 0) is 11.2 Å². The summed E-state index contributed by atoms with van der Waals surface area (Å²) < 4.78 is 8.40. The second-order valence-electron chi connectivity index (χ2n) is 8.47. The molecular weight excluding hydrogens is 469 g/mol. The predicted octanol–water partition coefficient (Wildman–Crippen LogP) is 1.01. The molecule has 0 radical (unpaired) electrons. The van der Waals surface area contributed by atoms with Gasteiger partial charge in [-0.2, -0.15) is 8.75 Å². The number of hydrogen-bond acceptors (Lipinski definition) is 7. The Labute approximate surface area is 230 Å². The van der Waals surface area contributed by atoms with Gasteiger partial charge in [0.05, 0.1) is 17.7 Å². The molecule has 0 saturated heterocycles. The van der Waals surface area contributed by atoms with Crippen molar-refractivity contribution in [3.63, 3.8) is 0 Å². The molecule has 0 unspecified atom stereocenters. The maximum atomic E-state index is 13.7. The molecular formula is C27H24N3NaO3S. The second kappa shape index (κ2) is 11.3. The molecule has 1 aromatic heterocycles. The number of fused-ring (bicyclic) bond motifs is 1. The van der Waals surface area contributed by atoms with Gasteiger partial charge < -0.3 is 14.8 Å². The number of ketones is 1. The Kier molecular flexibility index (Phi) is 8.61. The first-order valence-corrected chi connectivity index (χ1v) is 11.5. The molecule has 0 aliphatic heterocycles. The Balaban J connectivity index is 0.00000342. The molecule has 0 atom stereocenters. The number of anilines is 1. The summed E-state index contributed by atoms with van der Waals surface area (Å²) in [7, 11) is 3.89. The third-order valence-electron chi connectivity index (χ3n) is 5.93. The number of Topliss-reactive ketones (excluding diaryl/α,β-unsaturated/α-hetero) is 1. The third kappa shape index (κ3) is 5.87. The number of aryl methyl sites for hydroxylation is 2. The number of allylic oxidation sites excluding steroid dienone is 1. The van der Waals surface area contributed by atoms with Crippen molar-refractivity contribution >= 4 is 45.8 Å². The van der Waals surface area contributed by atoms with Crippen molar-refractivity contribution in [2.75, 3.05) is 19.0 Å². The number of nitrogens with zero attached hydrogens (tertiary/aromatic N) is 3. The van der Waals surface area contributed by atoms with Gasteiger partial charge >= 0.3 is 29.6 Å². The van der Waals surface area contributed by atoms with Gasteiger partial charge in [-0.05, 0) is 66.4 Å². The summed E-state index contributed by atoms with van der Waals surface area (Å²) in [6.45, 7) is 3.90. The van der Waals surface area contributed by atoms with E-state index in [9.17, 15) is 14.7 Å². The summed E-state index contributed by atoms with van der Waals surface area (Å²) in [5.41, 5.74) is 5.97. The number of carbonyl (C=O) groups excluding carboxylic acids is 2. The van der Waals surface area contributed by atoms with Gasteiger partial charge in [0.1, 0.15) is 11.0 Å². The quantitative estimate of drug-likeness (QED) is 0.217.